The molecule has 0 heterocycles. The Kier molecular flexibility index (Phi) is 4.45. The molecule has 0 aromatic heterocycles. The Balaban J connectivity index is 2.64. The molecule has 1 aliphatic rings. The van der Waals surface area contributed by atoms with Crippen LogP contribution < -0.4 is 0 Å². The van der Waals surface area contributed by atoms with Crippen molar-refractivity contribution in [2.45, 2.75) is 31.4 Å². The van der Waals surface area contributed by atoms with Gasteiger partial charge in [-0.25, -0.2) is 0 Å². The van der Waals surface area contributed by atoms with Gasteiger partial charge < -0.3 is 10.2 Å². The fourth-order valence-electron chi connectivity index (χ4n) is 2.04. The summed E-state index contributed by atoms with van der Waals surface area (Å²) in [5.74, 6) is -1.78. The first-order chi connectivity index (χ1) is 7.04. The van der Waals surface area contributed by atoms with Gasteiger partial charge >= 0.3 is 11.9 Å². The minimum Gasteiger partial charge on any atom is -0.481 e. The molecule has 5 heteroatoms. The van der Waals surface area contributed by atoms with Crippen LogP contribution in [0, 0.1) is 11.8 Å². The van der Waals surface area contributed by atoms with Crippen LogP contribution in [-0.2, 0) is 9.59 Å². The summed E-state index contributed by atoms with van der Waals surface area (Å²) in [5, 5.41) is 18.0. The van der Waals surface area contributed by atoms with E-state index in [-0.39, 0.29) is 11.7 Å². The van der Waals surface area contributed by atoms with Gasteiger partial charge in [-0.2, -0.15) is 11.8 Å². The van der Waals surface area contributed by atoms with Gasteiger partial charge in [-0.1, -0.05) is 6.92 Å². The predicted octanol–water partition coefficient (Wildman–Crippen LogP) is 1.69. The van der Waals surface area contributed by atoms with Crippen LogP contribution in [0.1, 0.15) is 26.2 Å². The first-order valence-corrected chi connectivity index (χ1v) is 6.16. The van der Waals surface area contributed by atoms with Crippen molar-refractivity contribution in [3.63, 3.8) is 0 Å². The highest BCUT2D eigenvalue weighted by molar-refractivity contribution is 7.99. The van der Waals surface area contributed by atoms with E-state index in [2.05, 4.69) is 0 Å². The van der Waals surface area contributed by atoms with E-state index in [1.807, 2.05) is 6.92 Å². The Bertz CT molecular complexity index is 232. The summed E-state index contributed by atoms with van der Waals surface area (Å²) in [6.45, 7) is 2.00. The lowest BCUT2D eigenvalue weighted by Crippen LogP contribution is -2.33. The monoisotopic (exact) mass is 232 g/mol. The fraction of sp³-hybridized carbons (Fsp3) is 0.800. The lowest BCUT2D eigenvalue weighted by atomic mass is 9.81. The molecular weight excluding hydrogens is 216 g/mol. The van der Waals surface area contributed by atoms with Crippen LogP contribution in [-0.4, -0.2) is 33.2 Å². The SMILES string of the molecule is CCSC1CC(C(=O)O)CC(C(=O)O)C1. The average Bonchev–Trinajstić information content (AvgIpc) is 2.17. The number of carboxylic acids is 2. The minimum absolute atomic E-state index is 0.186. The Labute approximate surface area is 93.1 Å². The van der Waals surface area contributed by atoms with Gasteiger partial charge in [0.05, 0.1) is 11.8 Å². The van der Waals surface area contributed by atoms with Gasteiger partial charge in [0.1, 0.15) is 0 Å². The van der Waals surface area contributed by atoms with E-state index in [4.69, 9.17) is 10.2 Å². The Morgan fingerprint density at radius 1 is 1.13 bits per heavy atom. The lowest BCUT2D eigenvalue weighted by molar-refractivity contribution is -0.147. The van der Waals surface area contributed by atoms with Gasteiger partial charge in [0, 0.05) is 5.25 Å². The van der Waals surface area contributed by atoms with Gasteiger partial charge in [0.15, 0.2) is 0 Å². The number of carboxylic acid groups (broad SMARTS) is 2. The molecule has 0 aliphatic heterocycles. The van der Waals surface area contributed by atoms with Crippen LogP contribution in [0.15, 0.2) is 0 Å². The third kappa shape index (κ3) is 3.41. The van der Waals surface area contributed by atoms with Crippen molar-refractivity contribution in [1.82, 2.24) is 0 Å². The number of hydrogen-bond acceptors (Lipinski definition) is 3. The molecule has 86 valence electrons. The second-order valence-electron chi connectivity index (χ2n) is 3.85. The molecule has 4 nitrogen and oxygen atoms in total. The Hall–Kier alpha value is -0.710. The highest BCUT2D eigenvalue weighted by Gasteiger charge is 2.35. The second-order valence-corrected chi connectivity index (χ2v) is 5.43. The zero-order chi connectivity index (χ0) is 11.4. The molecule has 1 rings (SSSR count). The molecule has 0 radical (unpaired) electrons. The third-order valence-electron chi connectivity index (χ3n) is 2.76. The molecule has 0 aromatic carbocycles. The van der Waals surface area contributed by atoms with Crippen LogP contribution in [0.25, 0.3) is 0 Å². The van der Waals surface area contributed by atoms with Crippen molar-refractivity contribution < 1.29 is 19.8 Å². The van der Waals surface area contributed by atoms with E-state index in [9.17, 15) is 9.59 Å². The van der Waals surface area contributed by atoms with E-state index < -0.39 is 23.8 Å². The average molecular weight is 232 g/mol. The van der Waals surface area contributed by atoms with Crippen LogP contribution in [0.5, 0.6) is 0 Å². The fourth-order valence-corrected chi connectivity index (χ4v) is 3.25. The number of rotatable bonds is 4. The Morgan fingerprint density at radius 2 is 1.60 bits per heavy atom. The predicted molar refractivity (Wildman–Crippen MR) is 58.0 cm³/mol. The summed E-state index contributed by atoms with van der Waals surface area (Å²) in [6.07, 6.45) is 1.50. The molecule has 0 aromatic rings. The molecule has 1 saturated carbocycles. The van der Waals surface area contributed by atoms with Gasteiger partial charge in [0.2, 0.25) is 0 Å². The zero-order valence-corrected chi connectivity index (χ0v) is 9.50. The molecule has 2 atom stereocenters. The van der Waals surface area contributed by atoms with Crippen molar-refractivity contribution in [3.05, 3.63) is 0 Å². The molecule has 0 bridgehead atoms. The van der Waals surface area contributed by atoms with Crippen molar-refractivity contribution in [2.75, 3.05) is 5.75 Å². The molecule has 0 amide bonds. The molecule has 0 saturated heterocycles. The van der Waals surface area contributed by atoms with Crippen molar-refractivity contribution in [1.29, 1.82) is 0 Å². The maximum atomic E-state index is 10.9. The molecule has 1 aliphatic carbocycles. The lowest BCUT2D eigenvalue weighted by Gasteiger charge is -2.30. The zero-order valence-electron chi connectivity index (χ0n) is 8.68. The Morgan fingerprint density at radius 3 is 1.93 bits per heavy atom. The van der Waals surface area contributed by atoms with Gasteiger partial charge in [-0.3, -0.25) is 9.59 Å². The molecule has 0 spiro atoms. The molecule has 2 N–H and O–H groups in total. The van der Waals surface area contributed by atoms with Crippen LogP contribution >= 0.6 is 11.8 Å². The van der Waals surface area contributed by atoms with E-state index in [1.54, 1.807) is 11.8 Å². The van der Waals surface area contributed by atoms with E-state index in [1.165, 1.54) is 0 Å². The summed E-state index contributed by atoms with van der Waals surface area (Å²) in [4.78, 5) is 21.7. The standard InChI is InChI=1S/C10H16O4S/c1-2-15-8-4-6(9(11)12)3-7(5-8)10(13)14/h6-8H,2-5H2,1H3,(H,11,12)(H,13,14). The molecule has 15 heavy (non-hydrogen) atoms. The van der Waals surface area contributed by atoms with Crippen molar-refractivity contribution in [2.24, 2.45) is 11.8 Å². The number of aliphatic carboxylic acids is 2. The van der Waals surface area contributed by atoms with E-state index in [0.29, 0.717) is 12.8 Å². The van der Waals surface area contributed by atoms with Crippen LogP contribution in [0.3, 0.4) is 0 Å². The first-order valence-electron chi connectivity index (χ1n) is 5.11. The highest BCUT2D eigenvalue weighted by atomic mass is 32.2. The maximum Gasteiger partial charge on any atom is 0.306 e. The van der Waals surface area contributed by atoms with Gasteiger partial charge in [-0.05, 0) is 25.0 Å². The number of hydrogen-bond donors (Lipinski definition) is 2. The van der Waals surface area contributed by atoms with Gasteiger partial charge in [0.25, 0.3) is 0 Å². The summed E-state index contributed by atoms with van der Waals surface area (Å²) in [7, 11) is 0. The smallest absolute Gasteiger partial charge is 0.306 e. The van der Waals surface area contributed by atoms with Crippen LogP contribution in [0.4, 0.5) is 0 Å². The number of thioether (sulfide) groups is 1. The highest BCUT2D eigenvalue weighted by Crippen LogP contribution is 2.36. The maximum absolute atomic E-state index is 10.9. The topological polar surface area (TPSA) is 74.6 Å². The quantitative estimate of drug-likeness (QED) is 0.771. The van der Waals surface area contributed by atoms with Crippen LogP contribution in [0.2, 0.25) is 0 Å². The number of carbonyl (C=O) groups is 2. The molecular formula is C10H16O4S. The first kappa shape index (κ1) is 12.4. The third-order valence-corrected chi connectivity index (χ3v) is 3.95. The van der Waals surface area contributed by atoms with Crippen molar-refractivity contribution >= 4 is 23.7 Å². The van der Waals surface area contributed by atoms with E-state index >= 15 is 0 Å². The molecule has 1 fully saturated rings. The summed E-state index contributed by atoms with van der Waals surface area (Å²) in [5.41, 5.74) is 0. The second kappa shape index (κ2) is 5.39. The summed E-state index contributed by atoms with van der Waals surface area (Å²) < 4.78 is 0. The van der Waals surface area contributed by atoms with Gasteiger partial charge in [-0.15, -0.1) is 0 Å². The molecule has 2 unspecified atom stereocenters. The summed E-state index contributed by atoms with van der Waals surface area (Å²) >= 11 is 1.67. The minimum atomic E-state index is -0.859. The normalized spacial score (nSPS) is 31.1. The van der Waals surface area contributed by atoms with Crippen molar-refractivity contribution in [3.8, 4) is 0 Å². The van der Waals surface area contributed by atoms with E-state index in [0.717, 1.165) is 5.75 Å². The largest absolute Gasteiger partial charge is 0.481 e. The summed E-state index contributed by atoms with van der Waals surface area (Å²) in [6, 6.07) is 0.